The van der Waals surface area contributed by atoms with Crippen LogP contribution < -0.4 is 16.1 Å². The standard InChI is InChI=1S/C30H35FN4O4Si/c1-20(36)38-25-24(39-28(30(25,5)31)35-17-16-23-26(32)33-19-34-27(23)35)18-37-40(29(2,3)4,21-12-8-6-9-13-21)22-14-10-7-11-15-22/h6-17,19,24-25,28H,18H2,1-5H3,(H2,32,33,34)/t24?,25?,28?,30-/m0/s1/i16T. The maximum Gasteiger partial charge on any atom is 0.303 e. The molecule has 8 nitrogen and oxygen atoms in total. The summed E-state index contributed by atoms with van der Waals surface area (Å²) in [6.45, 7) is 8.97. The van der Waals surface area contributed by atoms with Crippen molar-refractivity contribution < 1.29 is 24.5 Å². The number of anilines is 1. The molecule has 0 bridgehead atoms. The fraction of sp³-hybridized carbons (Fsp3) is 0.367. The number of alkyl halides is 1. The summed E-state index contributed by atoms with van der Waals surface area (Å²) >= 11 is 0. The first kappa shape index (κ1) is 26.6. The Morgan fingerprint density at radius 2 is 1.75 bits per heavy atom. The molecule has 2 N–H and O–H groups in total. The Balaban J connectivity index is 1.58. The third kappa shape index (κ3) is 4.69. The molecule has 1 fully saturated rings. The number of nitrogen functional groups attached to an aromatic ring is 1. The quantitative estimate of drug-likeness (QED) is 0.266. The molecular formula is C30H35FN4O4Si. The second-order valence-electron chi connectivity index (χ2n) is 11.3. The minimum atomic E-state index is -3.00. The summed E-state index contributed by atoms with van der Waals surface area (Å²) in [5.41, 5.74) is 4.07. The van der Waals surface area contributed by atoms with Gasteiger partial charge in [-0.1, -0.05) is 81.4 Å². The molecule has 0 aliphatic carbocycles. The van der Waals surface area contributed by atoms with E-state index in [1.807, 2.05) is 36.4 Å². The second kappa shape index (κ2) is 10.4. The molecule has 1 aliphatic heterocycles. The normalized spacial score (nSPS) is 23.8. The predicted octanol–water partition coefficient (Wildman–Crippen LogP) is 4.15. The number of rotatable bonds is 7. The van der Waals surface area contributed by atoms with Crippen LogP contribution in [0.1, 0.15) is 42.2 Å². The van der Waals surface area contributed by atoms with E-state index in [0.29, 0.717) is 5.39 Å². The number of halogens is 1. The van der Waals surface area contributed by atoms with E-state index < -0.39 is 38.4 Å². The summed E-state index contributed by atoms with van der Waals surface area (Å²) in [5.74, 6) is -0.524. The topological polar surface area (TPSA) is 101 Å². The smallest absolute Gasteiger partial charge is 0.303 e. The SMILES string of the molecule is [3H]c1cn(C2OC(CO[Si](c3ccccc3)(c3ccccc3)C(C)(C)C)C(OC(C)=O)[C@]2(C)F)c2ncnc(N)c12. The summed E-state index contributed by atoms with van der Waals surface area (Å²) in [5, 5.41) is 2.09. The van der Waals surface area contributed by atoms with Gasteiger partial charge in [0.1, 0.15) is 23.9 Å². The van der Waals surface area contributed by atoms with E-state index in [2.05, 4.69) is 55.0 Å². The number of hydrogen-bond acceptors (Lipinski definition) is 7. The van der Waals surface area contributed by atoms with Crippen LogP contribution in [0.4, 0.5) is 10.2 Å². The van der Waals surface area contributed by atoms with Gasteiger partial charge < -0.3 is 24.2 Å². The maximum absolute atomic E-state index is 16.8. The molecule has 40 heavy (non-hydrogen) atoms. The van der Waals surface area contributed by atoms with Gasteiger partial charge in [0.15, 0.2) is 18.0 Å². The second-order valence-corrected chi connectivity index (χ2v) is 15.6. The molecule has 0 spiro atoms. The van der Waals surface area contributed by atoms with E-state index in [-0.39, 0.29) is 29.2 Å². The lowest BCUT2D eigenvalue weighted by molar-refractivity contribution is -0.155. The largest absolute Gasteiger partial charge is 0.456 e. The third-order valence-corrected chi connectivity index (χ3v) is 12.6. The van der Waals surface area contributed by atoms with Crippen LogP contribution in [0.2, 0.25) is 5.04 Å². The van der Waals surface area contributed by atoms with Crippen molar-refractivity contribution in [3.63, 3.8) is 0 Å². The summed E-state index contributed by atoms with van der Waals surface area (Å²) in [6, 6.07) is 20.2. The van der Waals surface area contributed by atoms with Gasteiger partial charge in [-0.2, -0.15) is 0 Å². The number of esters is 1. The van der Waals surface area contributed by atoms with Crippen LogP contribution in [-0.2, 0) is 18.7 Å². The first-order valence-electron chi connectivity index (χ1n) is 13.7. The number of carbonyl (C=O) groups excluding carboxylic acids is 1. The molecule has 1 aliphatic rings. The number of nitrogens with zero attached hydrogens (tertiary/aromatic N) is 3. The summed E-state index contributed by atoms with van der Waals surface area (Å²) in [6.07, 6.45) is -0.837. The number of carbonyl (C=O) groups is 1. The number of hydrogen-bond donors (Lipinski definition) is 1. The van der Waals surface area contributed by atoms with Gasteiger partial charge in [0.25, 0.3) is 8.32 Å². The van der Waals surface area contributed by atoms with E-state index in [1.165, 1.54) is 30.9 Å². The average Bonchev–Trinajstić information content (AvgIpc) is 3.38. The Kier molecular flexibility index (Phi) is 6.93. The number of benzene rings is 2. The first-order chi connectivity index (χ1) is 19.4. The molecule has 2 aromatic carbocycles. The number of ether oxygens (including phenoxy) is 2. The Morgan fingerprint density at radius 1 is 1.15 bits per heavy atom. The van der Waals surface area contributed by atoms with Crippen molar-refractivity contribution in [2.75, 3.05) is 12.3 Å². The summed E-state index contributed by atoms with van der Waals surface area (Å²) in [4.78, 5) is 20.4. The van der Waals surface area contributed by atoms with Crippen molar-refractivity contribution in [3.8, 4) is 0 Å². The summed E-state index contributed by atoms with van der Waals surface area (Å²) < 4.78 is 45.5. The molecule has 4 aromatic rings. The highest BCUT2D eigenvalue weighted by Crippen LogP contribution is 2.45. The number of fused-ring (bicyclic) bond motifs is 1. The van der Waals surface area contributed by atoms with Crippen LogP contribution in [0, 0.1) is 0 Å². The van der Waals surface area contributed by atoms with Crippen LogP contribution >= 0.6 is 0 Å². The van der Waals surface area contributed by atoms with Crippen LogP contribution in [-0.4, -0.2) is 53.3 Å². The van der Waals surface area contributed by atoms with E-state index in [9.17, 15) is 4.79 Å². The van der Waals surface area contributed by atoms with Gasteiger partial charge in [0.2, 0.25) is 0 Å². The molecule has 4 atom stereocenters. The fourth-order valence-electron chi connectivity index (χ4n) is 5.77. The fourth-order valence-corrected chi connectivity index (χ4v) is 10.3. The first-order valence-corrected chi connectivity index (χ1v) is 15.1. The molecule has 5 rings (SSSR count). The zero-order valence-corrected chi connectivity index (χ0v) is 24.3. The highest BCUT2D eigenvalue weighted by Gasteiger charge is 2.59. The summed E-state index contributed by atoms with van der Waals surface area (Å²) in [7, 11) is -3.00. The van der Waals surface area contributed by atoms with Gasteiger partial charge in [0.05, 0.1) is 13.4 Å². The van der Waals surface area contributed by atoms with Crippen molar-refractivity contribution in [2.24, 2.45) is 0 Å². The van der Waals surface area contributed by atoms with Gasteiger partial charge in [-0.3, -0.25) is 4.79 Å². The molecule has 10 heteroatoms. The monoisotopic (exact) mass is 564 g/mol. The van der Waals surface area contributed by atoms with Crippen LogP contribution in [0.15, 0.2) is 79.2 Å². The van der Waals surface area contributed by atoms with Crippen LogP contribution in [0.25, 0.3) is 11.0 Å². The molecule has 3 heterocycles. The molecule has 0 amide bonds. The van der Waals surface area contributed by atoms with E-state index in [0.717, 1.165) is 10.4 Å². The zero-order chi connectivity index (χ0) is 29.6. The molecule has 3 unspecified atom stereocenters. The third-order valence-electron chi connectivity index (χ3n) is 7.56. The highest BCUT2D eigenvalue weighted by molar-refractivity contribution is 6.99. The lowest BCUT2D eigenvalue weighted by Crippen LogP contribution is -2.67. The van der Waals surface area contributed by atoms with Gasteiger partial charge >= 0.3 is 5.97 Å². The van der Waals surface area contributed by atoms with Crippen molar-refractivity contribution in [1.82, 2.24) is 14.5 Å². The Hall–Kier alpha value is -3.60. The van der Waals surface area contributed by atoms with Crippen LogP contribution in [0.3, 0.4) is 0 Å². The van der Waals surface area contributed by atoms with Crippen LogP contribution in [0.5, 0.6) is 0 Å². The minimum absolute atomic E-state index is 0.0357. The van der Waals surface area contributed by atoms with Gasteiger partial charge in [-0.15, -0.1) is 0 Å². The molecular weight excluding hydrogens is 527 g/mol. The van der Waals surface area contributed by atoms with Gasteiger partial charge in [0, 0.05) is 13.1 Å². The van der Waals surface area contributed by atoms with Gasteiger partial charge in [-0.05, 0) is 28.4 Å². The van der Waals surface area contributed by atoms with Crippen molar-refractivity contribution in [1.29, 1.82) is 0 Å². The molecule has 2 aromatic heterocycles. The predicted molar refractivity (Wildman–Crippen MR) is 154 cm³/mol. The minimum Gasteiger partial charge on any atom is -0.456 e. The lowest BCUT2D eigenvalue weighted by Gasteiger charge is -2.43. The molecule has 210 valence electrons. The number of aromatic nitrogens is 3. The Bertz CT molecular complexity index is 1510. The van der Waals surface area contributed by atoms with Crippen molar-refractivity contribution >= 4 is 41.5 Å². The Labute approximate surface area is 235 Å². The lowest BCUT2D eigenvalue weighted by atomic mass is 9.98. The number of nitrogens with two attached hydrogens (primary N) is 1. The van der Waals surface area contributed by atoms with Crippen molar-refractivity contribution in [3.05, 3.63) is 79.2 Å². The molecule has 1 saturated heterocycles. The van der Waals surface area contributed by atoms with E-state index in [1.54, 1.807) is 0 Å². The maximum atomic E-state index is 16.8. The average molecular weight is 565 g/mol. The highest BCUT2D eigenvalue weighted by atomic mass is 28.4. The zero-order valence-electron chi connectivity index (χ0n) is 24.3. The molecule has 0 saturated carbocycles. The van der Waals surface area contributed by atoms with Gasteiger partial charge in [-0.25, -0.2) is 14.4 Å². The van der Waals surface area contributed by atoms with Crippen molar-refractivity contribution in [2.45, 2.75) is 63.8 Å². The van der Waals surface area contributed by atoms with E-state index >= 15 is 4.39 Å². The van der Waals surface area contributed by atoms with E-state index in [4.69, 9.17) is 21.0 Å². The Morgan fingerprint density at radius 3 is 2.30 bits per heavy atom. The molecule has 0 radical (unpaired) electrons.